The summed E-state index contributed by atoms with van der Waals surface area (Å²) in [5.74, 6) is 1.48. The van der Waals surface area contributed by atoms with Crippen molar-refractivity contribution in [1.29, 1.82) is 0 Å². The number of carbonyl (C=O) groups is 1. The van der Waals surface area contributed by atoms with Crippen LogP contribution in [-0.4, -0.2) is 59.5 Å². The molecule has 152 valence electrons. The number of aromatic nitrogens is 1. The van der Waals surface area contributed by atoms with Gasteiger partial charge in [0.1, 0.15) is 11.3 Å². The minimum Gasteiger partial charge on any atom is -0.497 e. The number of amides is 1. The van der Waals surface area contributed by atoms with Gasteiger partial charge in [-0.2, -0.15) is 0 Å². The van der Waals surface area contributed by atoms with Crippen LogP contribution in [0.2, 0.25) is 0 Å². The zero-order valence-electron chi connectivity index (χ0n) is 16.9. The highest BCUT2D eigenvalue weighted by Crippen LogP contribution is 2.47. The molecule has 3 atom stereocenters. The first-order valence-corrected chi connectivity index (χ1v) is 10.4. The van der Waals surface area contributed by atoms with E-state index in [1.807, 2.05) is 24.0 Å². The molecule has 2 aromatic rings. The van der Waals surface area contributed by atoms with Gasteiger partial charge in [-0.15, -0.1) is 0 Å². The van der Waals surface area contributed by atoms with Crippen molar-refractivity contribution in [3.63, 3.8) is 0 Å². The van der Waals surface area contributed by atoms with E-state index in [0.29, 0.717) is 18.5 Å². The molecule has 29 heavy (non-hydrogen) atoms. The Labute approximate surface area is 170 Å². The van der Waals surface area contributed by atoms with Gasteiger partial charge >= 0.3 is 0 Å². The fraction of sp³-hybridized carbons (Fsp3) is 0.478. The second-order valence-corrected chi connectivity index (χ2v) is 8.59. The molecule has 4 saturated heterocycles. The Balaban J connectivity index is 1.52. The van der Waals surface area contributed by atoms with Crippen molar-refractivity contribution in [3.8, 4) is 5.75 Å². The number of nitrogens with one attached hydrogen (secondary N) is 1. The minimum atomic E-state index is -0.197. The molecular weight excluding hydrogens is 366 g/mol. The third-order valence-electron chi connectivity index (χ3n) is 7.09. The molecule has 6 nitrogen and oxygen atoms in total. The summed E-state index contributed by atoms with van der Waals surface area (Å²) < 4.78 is 5.31. The largest absolute Gasteiger partial charge is 0.497 e. The summed E-state index contributed by atoms with van der Waals surface area (Å²) in [6.45, 7) is 4.69. The van der Waals surface area contributed by atoms with Gasteiger partial charge in [0.2, 0.25) is 0 Å². The number of likely N-dealkylation sites (tertiary alicyclic amines) is 1. The number of piperidine rings is 3. The Kier molecular flexibility index (Phi) is 4.46. The Bertz CT molecular complexity index is 976. The second kappa shape index (κ2) is 7.02. The maximum Gasteiger partial charge on any atom is 0.259 e. The van der Waals surface area contributed by atoms with E-state index in [9.17, 15) is 9.59 Å². The molecule has 2 bridgehead atoms. The number of nitrogens with zero attached hydrogens (tertiary/aromatic N) is 2. The average Bonchev–Trinajstić information content (AvgIpc) is 3.17. The molecule has 1 amide bonds. The monoisotopic (exact) mass is 393 g/mol. The van der Waals surface area contributed by atoms with Gasteiger partial charge in [-0.1, -0.05) is 12.1 Å². The maximum atomic E-state index is 13.5. The highest BCUT2D eigenvalue weighted by molar-refractivity contribution is 5.94. The van der Waals surface area contributed by atoms with E-state index in [-0.39, 0.29) is 28.9 Å². The number of aryl methyl sites for hydroxylation is 1. The number of ether oxygens (including phenoxy) is 1. The van der Waals surface area contributed by atoms with Crippen molar-refractivity contribution in [1.82, 2.24) is 14.8 Å². The van der Waals surface area contributed by atoms with E-state index in [4.69, 9.17) is 4.74 Å². The number of H-pyrrole nitrogens is 1. The van der Waals surface area contributed by atoms with Gasteiger partial charge in [-0.05, 0) is 56.5 Å². The van der Waals surface area contributed by atoms with E-state index >= 15 is 0 Å². The molecule has 1 N–H and O–H groups in total. The van der Waals surface area contributed by atoms with E-state index in [0.717, 1.165) is 37.4 Å². The molecule has 1 aromatic heterocycles. The smallest absolute Gasteiger partial charge is 0.259 e. The predicted octanol–water partition coefficient (Wildman–Crippen LogP) is 2.39. The van der Waals surface area contributed by atoms with Crippen LogP contribution in [-0.2, 0) is 0 Å². The van der Waals surface area contributed by atoms with Gasteiger partial charge in [-0.25, -0.2) is 0 Å². The number of hydrogen-bond acceptors (Lipinski definition) is 4. The normalized spacial score (nSPS) is 30.3. The van der Waals surface area contributed by atoms with Crippen LogP contribution in [0.3, 0.4) is 0 Å². The van der Waals surface area contributed by atoms with Gasteiger partial charge in [0.25, 0.3) is 5.91 Å². The van der Waals surface area contributed by atoms with Crippen molar-refractivity contribution >= 4 is 5.91 Å². The van der Waals surface area contributed by atoms with Crippen molar-refractivity contribution in [2.45, 2.75) is 37.8 Å². The Morgan fingerprint density at radius 3 is 2.52 bits per heavy atom. The van der Waals surface area contributed by atoms with Gasteiger partial charge in [0, 0.05) is 36.5 Å². The summed E-state index contributed by atoms with van der Waals surface area (Å²) in [6.07, 6.45) is 3.84. The fourth-order valence-corrected chi connectivity index (χ4v) is 5.69. The lowest BCUT2D eigenvalue weighted by molar-refractivity contribution is -0.00345. The summed E-state index contributed by atoms with van der Waals surface area (Å²) in [4.78, 5) is 33.5. The van der Waals surface area contributed by atoms with Crippen molar-refractivity contribution in [2.75, 3.05) is 26.7 Å². The summed E-state index contributed by atoms with van der Waals surface area (Å²) >= 11 is 0. The third kappa shape index (κ3) is 2.97. The third-order valence-corrected chi connectivity index (χ3v) is 7.09. The van der Waals surface area contributed by atoms with Crippen LogP contribution in [0.25, 0.3) is 0 Å². The molecule has 1 aromatic carbocycles. The van der Waals surface area contributed by atoms with Crippen LogP contribution in [0.1, 0.15) is 40.4 Å². The number of rotatable bonds is 3. The summed E-state index contributed by atoms with van der Waals surface area (Å²) in [5, 5.41) is 0. The van der Waals surface area contributed by atoms with Crippen molar-refractivity contribution < 1.29 is 9.53 Å². The topological polar surface area (TPSA) is 65.6 Å². The highest BCUT2D eigenvalue weighted by Gasteiger charge is 2.54. The lowest BCUT2D eigenvalue weighted by atomic mass is 9.75. The lowest BCUT2D eigenvalue weighted by Gasteiger charge is -2.51. The number of fused-ring (bicyclic) bond motifs is 2. The number of hydrogen-bond donors (Lipinski definition) is 1. The quantitative estimate of drug-likeness (QED) is 0.870. The van der Waals surface area contributed by atoms with Gasteiger partial charge < -0.3 is 14.6 Å². The molecule has 6 rings (SSSR count). The number of pyridine rings is 1. The number of aromatic amines is 1. The SMILES string of the molecule is COc1ccc([C@H]2CN(C(=O)c3c[nH]c(C)cc3=O)[C@H]3C4CCN(CC4)[C@@H]23)cc1. The average molecular weight is 393 g/mol. The molecule has 4 aliphatic heterocycles. The van der Waals surface area contributed by atoms with E-state index in [2.05, 4.69) is 22.0 Å². The van der Waals surface area contributed by atoms with Gasteiger partial charge in [-0.3, -0.25) is 14.5 Å². The maximum absolute atomic E-state index is 13.5. The Morgan fingerprint density at radius 2 is 1.86 bits per heavy atom. The molecule has 6 heteroatoms. The van der Waals surface area contributed by atoms with Crippen LogP contribution >= 0.6 is 0 Å². The first kappa shape index (κ1) is 18.4. The molecule has 5 heterocycles. The zero-order valence-corrected chi connectivity index (χ0v) is 16.9. The van der Waals surface area contributed by atoms with Crippen molar-refractivity contribution in [3.05, 3.63) is 63.6 Å². The van der Waals surface area contributed by atoms with Crippen molar-refractivity contribution in [2.24, 2.45) is 5.92 Å². The van der Waals surface area contributed by atoms with Crippen LogP contribution in [0.5, 0.6) is 5.75 Å². The number of carbonyl (C=O) groups excluding carboxylic acids is 1. The zero-order chi connectivity index (χ0) is 20.1. The molecule has 4 fully saturated rings. The number of benzene rings is 1. The van der Waals surface area contributed by atoms with Crippen LogP contribution in [0.4, 0.5) is 0 Å². The summed E-state index contributed by atoms with van der Waals surface area (Å²) in [6, 6.07) is 10.2. The second-order valence-electron chi connectivity index (χ2n) is 8.59. The molecule has 0 radical (unpaired) electrons. The van der Waals surface area contributed by atoms with Gasteiger partial charge in [0.15, 0.2) is 5.43 Å². The van der Waals surface area contributed by atoms with Crippen LogP contribution < -0.4 is 10.2 Å². The molecule has 4 aliphatic rings. The first-order valence-electron chi connectivity index (χ1n) is 10.4. The van der Waals surface area contributed by atoms with Gasteiger partial charge in [0.05, 0.1) is 13.2 Å². The van der Waals surface area contributed by atoms with E-state index < -0.39 is 0 Å². The van der Waals surface area contributed by atoms with E-state index in [1.165, 1.54) is 11.6 Å². The molecule has 0 unspecified atom stereocenters. The standard InChI is InChI=1S/C23H27N3O3/c1-14-11-20(27)18(12-24-14)23(28)26-13-19(15-3-5-17(29-2)6-4-15)22-21(26)16-7-9-25(22)10-8-16/h3-6,11-12,16,19,21-22H,7-10,13H2,1-2H3,(H,24,27)/t19-,21+,22+/m1/s1. The molecule has 0 saturated carbocycles. The predicted molar refractivity (Wildman–Crippen MR) is 110 cm³/mol. The lowest BCUT2D eigenvalue weighted by Crippen LogP contribution is -2.60. The molecule has 0 aliphatic carbocycles. The fourth-order valence-electron chi connectivity index (χ4n) is 5.69. The van der Waals surface area contributed by atoms with E-state index in [1.54, 1.807) is 13.3 Å². The Morgan fingerprint density at radius 1 is 1.14 bits per heavy atom. The van der Waals surface area contributed by atoms with Crippen LogP contribution in [0.15, 0.2) is 41.3 Å². The molecular formula is C23H27N3O3. The summed E-state index contributed by atoms with van der Waals surface area (Å²) in [5.41, 5.74) is 2.06. The summed E-state index contributed by atoms with van der Waals surface area (Å²) in [7, 11) is 1.67. The highest BCUT2D eigenvalue weighted by atomic mass is 16.5. The Hall–Kier alpha value is -2.60. The minimum absolute atomic E-state index is 0.133. The first-order chi connectivity index (χ1) is 14.1. The van der Waals surface area contributed by atoms with Crippen LogP contribution in [0, 0.1) is 12.8 Å². The molecule has 0 spiro atoms. The number of methoxy groups -OCH3 is 1.